The highest BCUT2D eigenvalue weighted by Crippen LogP contribution is 2.36. The Morgan fingerprint density at radius 3 is 2.75 bits per heavy atom. The summed E-state index contributed by atoms with van der Waals surface area (Å²) >= 11 is 9.39. The van der Waals surface area contributed by atoms with Gasteiger partial charge in [-0.15, -0.1) is 0 Å². The predicted octanol–water partition coefficient (Wildman–Crippen LogP) is 5.19. The van der Waals surface area contributed by atoms with Crippen LogP contribution in [0, 0.1) is 5.82 Å². The van der Waals surface area contributed by atoms with E-state index >= 15 is 0 Å². The molecule has 0 unspecified atom stereocenters. The van der Waals surface area contributed by atoms with Crippen molar-refractivity contribution >= 4 is 44.3 Å². The van der Waals surface area contributed by atoms with Gasteiger partial charge in [-0.2, -0.15) is 9.97 Å². The van der Waals surface area contributed by atoms with Crippen molar-refractivity contribution in [1.82, 2.24) is 15.0 Å². The summed E-state index contributed by atoms with van der Waals surface area (Å²) in [5.41, 5.74) is 1.12. The van der Waals surface area contributed by atoms with Gasteiger partial charge in [0.05, 0.1) is 16.1 Å². The zero-order chi connectivity index (χ0) is 19.5. The molecule has 1 aliphatic rings. The molecule has 1 saturated heterocycles. The van der Waals surface area contributed by atoms with Crippen molar-refractivity contribution < 1.29 is 9.13 Å². The van der Waals surface area contributed by atoms with E-state index in [0.717, 1.165) is 31.6 Å². The van der Waals surface area contributed by atoms with Gasteiger partial charge >= 0.3 is 6.01 Å². The van der Waals surface area contributed by atoms with Crippen molar-refractivity contribution in [1.29, 1.82) is 0 Å². The molecule has 28 heavy (non-hydrogen) atoms. The molecule has 1 aromatic carbocycles. The van der Waals surface area contributed by atoms with E-state index in [2.05, 4.69) is 35.8 Å². The number of pyridine rings is 1. The summed E-state index contributed by atoms with van der Waals surface area (Å²) in [6.07, 6.45) is 5.71. The molecule has 3 aromatic rings. The summed E-state index contributed by atoms with van der Waals surface area (Å²) in [6, 6.07) is 7.61. The Kier molecular flexibility index (Phi) is 5.92. The average Bonchev–Trinajstić information content (AvgIpc) is 2.73. The number of anilines is 1. The van der Waals surface area contributed by atoms with Crippen LogP contribution in [0.25, 0.3) is 10.9 Å². The molecule has 146 valence electrons. The smallest absolute Gasteiger partial charge is 0.319 e. The molecule has 0 N–H and O–H groups in total. The topological polar surface area (TPSA) is 51.1 Å². The number of piperidine rings is 1. The largest absolute Gasteiger partial charge is 0.463 e. The quantitative estimate of drug-likeness (QED) is 0.485. The minimum atomic E-state index is -0.502. The van der Waals surface area contributed by atoms with E-state index in [1.165, 1.54) is 6.42 Å². The molecule has 0 bridgehead atoms. The first-order chi connectivity index (χ1) is 13.6. The number of hydrogen-bond acceptors (Lipinski definition) is 5. The first-order valence-electron chi connectivity index (χ1n) is 9.26. The van der Waals surface area contributed by atoms with E-state index in [-0.39, 0.29) is 16.0 Å². The highest BCUT2D eigenvalue weighted by Gasteiger charge is 2.22. The second kappa shape index (κ2) is 8.57. The van der Waals surface area contributed by atoms with Crippen LogP contribution in [0.3, 0.4) is 0 Å². The summed E-state index contributed by atoms with van der Waals surface area (Å²) in [4.78, 5) is 15.4. The molecule has 2 aromatic heterocycles. The van der Waals surface area contributed by atoms with Gasteiger partial charge in [0, 0.05) is 36.8 Å². The number of ether oxygens (including phenoxy) is 1. The van der Waals surface area contributed by atoms with Crippen LogP contribution in [0.2, 0.25) is 5.02 Å². The lowest BCUT2D eigenvalue weighted by molar-refractivity contribution is 0.296. The summed E-state index contributed by atoms with van der Waals surface area (Å²) in [6.45, 7) is 2.10. The van der Waals surface area contributed by atoms with Crippen LogP contribution in [0.5, 0.6) is 6.01 Å². The standard InChI is InChI=1S/C20H19BrClFN4O/c21-16-15(22)12-14-18(17(16)23)25-20(26-19(14)27-9-4-1-5-10-27)28-11-7-13-6-2-3-8-24-13/h2-3,6,8,12H,1,4-5,7,9-11H2. The molecular weight excluding hydrogens is 447 g/mol. The molecule has 0 saturated carbocycles. The van der Waals surface area contributed by atoms with Crippen LogP contribution in [0.1, 0.15) is 25.0 Å². The maximum absolute atomic E-state index is 14.9. The van der Waals surface area contributed by atoms with Crippen molar-refractivity contribution in [3.8, 4) is 6.01 Å². The van der Waals surface area contributed by atoms with E-state index in [0.29, 0.717) is 29.3 Å². The number of aromatic nitrogens is 3. The van der Waals surface area contributed by atoms with E-state index in [9.17, 15) is 4.39 Å². The number of rotatable bonds is 5. The number of hydrogen-bond donors (Lipinski definition) is 0. The van der Waals surface area contributed by atoms with Crippen molar-refractivity contribution in [2.45, 2.75) is 25.7 Å². The molecule has 0 amide bonds. The van der Waals surface area contributed by atoms with E-state index in [4.69, 9.17) is 16.3 Å². The molecule has 0 atom stereocenters. The lowest BCUT2D eigenvalue weighted by Crippen LogP contribution is -2.30. The van der Waals surface area contributed by atoms with Crippen LogP contribution in [0.4, 0.5) is 10.2 Å². The average molecular weight is 466 g/mol. The minimum Gasteiger partial charge on any atom is -0.463 e. The number of halogens is 3. The second-order valence-corrected chi connectivity index (χ2v) is 7.88. The summed E-state index contributed by atoms with van der Waals surface area (Å²) in [5, 5.41) is 0.903. The van der Waals surface area contributed by atoms with Crippen molar-refractivity contribution in [2.24, 2.45) is 0 Å². The zero-order valence-electron chi connectivity index (χ0n) is 15.2. The third-order valence-electron chi connectivity index (χ3n) is 4.76. The fourth-order valence-electron chi connectivity index (χ4n) is 3.34. The van der Waals surface area contributed by atoms with Gasteiger partial charge in [-0.3, -0.25) is 4.98 Å². The number of nitrogens with zero attached hydrogens (tertiary/aromatic N) is 4. The summed E-state index contributed by atoms with van der Waals surface area (Å²) < 4.78 is 20.8. The van der Waals surface area contributed by atoms with Crippen LogP contribution in [-0.4, -0.2) is 34.6 Å². The van der Waals surface area contributed by atoms with Crippen molar-refractivity contribution in [3.05, 3.63) is 51.5 Å². The van der Waals surface area contributed by atoms with Crippen LogP contribution >= 0.6 is 27.5 Å². The van der Waals surface area contributed by atoms with Gasteiger partial charge in [0.25, 0.3) is 0 Å². The Hall–Kier alpha value is -1.99. The van der Waals surface area contributed by atoms with Gasteiger partial charge in [-0.1, -0.05) is 17.7 Å². The maximum Gasteiger partial charge on any atom is 0.319 e. The van der Waals surface area contributed by atoms with Gasteiger partial charge in [0.1, 0.15) is 11.3 Å². The molecule has 5 nitrogen and oxygen atoms in total. The first-order valence-corrected chi connectivity index (χ1v) is 10.4. The zero-order valence-corrected chi connectivity index (χ0v) is 17.5. The normalized spacial score (nSPS) is 14.5. The minimum absolute atomic E-state index is 0.164. The van der Waals surface area contributed by atoms with Crippen LogP contribution in [-0.2, 0) is 6.42 Å². The lowest BCUT2D eigenvalue weighted by Gasteiger charge is -2.29. The number of benzene rings is 1. The lowest BCUT2D eigenvalue weighted by atomic mass is 10.1. The van der Waals surface area contributed by atoms with Gasteiger partial charge in [-0.05, 0) is 53.4 Å². The molecule has 3 heterocycles. The Morgan fingerprint density at radius 2 is 2.00 bits per heavy atom. The molecule has 1 fully saturated rings. The molecule has 0 spiro atoms. The molecular formula is C20H19BrClFN4O. The molecule has 8 heteroatoms. The Bertz CT molecular complexity index is 983. The Balaban J connectivity index is 1.68. The maximum atomic E-state index is 14.9. The monoisotopic (exact) mass is 464 g/mol. The van der Waals surface area contributed by atoms with Gasteiger partial charge in [0.15, 0.2) is 5.82 Å². The van der Waals surface area contributed by atoms with Crippen LogP contribution in [0.15, 0.2) is 34.9 Å². The van der Waals surface area contributed by atoms with Crippen molar-refractivity contribution in [3.63, 3.8) is 0 Å². The number of fused-ring (bicyclic) bond motifs is 1. The highest BCUT2D eigenvalue weighted by atomic mass is 79.9. The fourth-order valence-corrected chi connectivity index (χ4v) is 3.84. The van der Waals surface area contributed by atoms with Crippen molar-refractivity contribution in [2.75, 3.05) is 24.6 Å². The fraction of sp³-hybridized carbons (Fsp3) is 0.350. The molecule has 0 radical (unpaired) electrons. The van der Waals surface area contributed by atoms with E-state index in [1.807, 2.05) is 18.2 Å². The van der Waals surface area contributed by atoms with E-state index in [1.54, 1.807) is 12.3 Å². The third-order valence-corrected chi connectivity index (χ3v) is 6.06. The van der Waals surface area contributed by atoms with E-state index < -0.39 is 5.82 Å². The summed E-state index contributed by atoms with van der Waals surface area (Å²) in [7, 11) is 0. The predicted molar refractivity (Wildman–Crippen MR) is 112 cm³/mol. The van der Waals surface area contributed by atoms with Gasteiger partial charge in [-0.25, -0.2) is 4.39 Å². The molecule has 0 aliphatic carbocycles. The van der Waals surface area contributed by atoms with Gasteiger partial charge in [0.2, 0.25) is 0 Å². The first kappa shape index (κ1) is 19.3. The Labute approximate surface area is 176 Å². The second-order valence-electron chi connectivity index (χ2n) is 6.68. The Morgan fingerprint density at radius 1 is 1.18 bits per heavy atom. The molecule has 4 rings (SSSR count). The third kappa shape index (κ3) is 4.05. The van der Waals surface area contributed by atoms with Gasteiger partial charge < -0.3 is 9.64 Å². The SMILES string of the molecule is Fc1c(Br)c(Cl)cc2c(N3CCCCC3)nc(OCCc3ccccn3)nc12. The highest BCUT2D eigenvalue weighted by molar-refractivity contribution is 9.10. The molecule has 1 aliphatic heterocycles. The summed E-state index contributed by atoms with van der Waals surface area (Å²) in [5.74, 6) is 0.170. The van der Waals surface area contributed by atoms with Crippen LogP contribution < -0.4 is 9.64 Å².